The number of piperidine rings is 1. The molecule has 0 atom stereocenters. The summed E-state index contributed by atoms with van der Waals surface area (Å²) in [5.41, 5.74) is 2.77. The number of aryl methyl sites for hydroxylation is 1. The summed E-state index contributed by atoms with van der Waals surface area (Å²) >= 11 is 12.3. The highest BCUT2D eigenvalue weighted by Gasteiger charge is 2.41. The molecule has 2 aliphatic heterocycles. The third-order valence-electron chi connectivity index (χ3n) is 5.91. The van der Waals surface area contributed by atoms with Crippen LogP contribution in [0.1, 0.15) is 23.3 Å². The molecule has 0 unspecified atom stereocenters. The smallest absolute Gasteiger partial charge is 0.272 e. The lowest BCUT2D eigenvalue weighted by Gasteiger charge is -2.37. The lowest BCUT2D eigenvalue weighted by molar-refractivity contribution is -0.181. The highest BCUT2D eigenvalue weighted by atomic mass is 35.5. The summed E-state index contributed by atoms with van der Waals surface area (Å²) in [5.74, 6) is -0.624. The second kappa shape index (κ2) is 7.98. The topological polar surface area (TPSA) is 61.5 Å². The van der Waals surface area contributed by atoms with Gasteiger partial charge in [0.05, 0.1) is 34.6 Å². The van der Waals surface area contributed by atoms with Crippen molar-refractivity contribution in [1.29, 1.82) is 0 Å². The van der Waals surface area contributed by atoms with Gasteiger partial charge >= 0.3 is 0 Å². The van der Waals surface area contributed by atoms with E-state index in [1.807, 2.05) is 40.9 Å². The first-order valence-electron chi connectivity index (χ1n) is 10.2. The minimum Gasteiger partial charge on any atom is -0.349 e. The first-order valence-corrected chi connectivity index (χ1v) is 11.0. The Morgan fingerprint density at radius 3 is 2.45 bits per heavy atom. The lowest BCUT2D eigenvalue weighted by Crippen LogP contribution is -2.47. The highest BCUT2D eigenvalue weighted by Crippen LogP contribution is 2.33. The SMILES string of the molecule is Cn1cccc1-c1cc(C(=O)N2CCC3(CC2)OCCO3)n(-c2ccc(Cl)c(Cl)c2)n1. The Bertz CT molecular complexity index is 1120. The second-order valence-corrected chi connectivity index (χ2v) is 8.64. The van der Waals surface area contributed by atoms with Crippen molar-refractivity contribution in [2.75, 3.05) is 26.3 Å². The van der Waals surface area contributed by atoms with Crippen molar-refractivity contribution in [2.45, 2.75) is 18.6 Å². The van der Waals surface area contributed by atoms with Crippen LogP contribution in [0.5, 0.6) is 0 Å². The van der Waals surface area contributed by atoms with E-state index in [0.29, 0.717) is 66.3 Å². The maximum Gasteiger partial charge on any atom is 0.272 e. The zero-order valence-corrected chi connectivity index (χ0v) is 18.6. The number of hydrogen-bond donors (Lipinski definition) is 0. The van der Waals surface area contributed by atoms with Crippen LogP contribution in [0.15, 0.2) is 42.6 Å². The molecule has 9 heteroatoms. The standard InChI is InChI=1S/C22H22Cl2N4O3/c1-26-8-2-3-19(26)18-14-20(28(25-18)15-4-5-16(23)17(24)13-15)21(29)27-9-6-22(7-10-27)30-11-12-31-22/h2-5,8,13-14H,6-7,9-12H2,1H3. The van der Waals surface area contributed by atoms with Crippen LogP contribution in [0.2, 0.25) is 10.0 Å². The molecule has 7 nitrogen and oxygen atoms in total. The molecule has 1 amide bonds. The first kappa shape index (κ1) is 20.6. The fraction of sp³-hybridized carbons (Fsp3) is 0.364. The molecule has 162 valence electrons. The van der Waals surface area contributed by atoms with Crippen molar-refractivity contribution in [3.05, 3.63) is 58.3 Å². The zero-order valence-electron chi connectivity index (χ0n) is 17.1. The van der Waals surface area contributed by atoms with E-state index in [9.17, 15) is 4.79 Å². The maximum atomic E-state index is 13.5. The molecule has 1 spiro atoms. The molecular weight excluding hydrogens is 439 g/mol. The minimum absolute atomic E-state index is 0.0909. The van der Waals surface area contributed by atoms with Crippen molar-refractivity contribution in [3.63, 3.8) is 0 Å². The van der Waals surface area contributed by atoms with Gasteiger partial charge in [0.1, 0.15) is 11.4 Å². The number of carbonyl (C=O) groups is 1. The predicted octanol–water partition coefficient (Wildman–Crippen LogP) is 4.16. The molecule has 2 aliphatic rings. The number of likely N-dealkylation sites (tertiary alicyclic amines) is 1. The molecule has 0 N–H and O–H groups in total. The van der Waals surface area contributed by atoms with Crippen LogP contribution in [0.3, 0.4) is 0 Å². The number of rotatable bonds is 3. The molecule has 0 saturated carbocycles. The fourth-order valence-electron chi connectivity index (χ4n) is 4.20. The molecular formula is C22H22Cl2N4O3. The zero-order chi connectivity index (χ0) is 21.6. The van der Waals surface area contributed by atoms with E-state index >= 15 is 0 Å². The van der Waals surface area contributed by atoms with Crippen LogP contribution in [0.25, 0.3) is 17.1 Å². The number of aromatic nitrogens is 3. The number of hydrogen-bond acceptors (Lipinski definition) is 4. The maximum absolute atomic E-state index is 13.5. The summed E-state index contributed by atoms with van der Waals surface area (Å²) in [6.07, 6.45) is 3.26. The molecule has 4 heterocycles. The van der Waals surface area contributed by atoms with Gasteiger partial charge in [0.15, 0.2) is 5.79 Å². The normalized spacial score (nSPS) is 18.1. The first-order chi connectivity index (χ1) is 15.0. The molecule has 2 aromatic heterocycles. The largest absolute Gasteiger partial charge is 0.349 e. The number of halogens is 2. The van der Waals surface area contributed by atoms with Gasteiger partial charge in [-0.15, -0.1) is 0 Å². The highest BCUT2D eigenvalue weighted by molar-refractivity contribution is 6.42. The fourth-order valence-corrected chi connectivity index (χ4v) is 4.49. The monoisotopic (exact) mass is 460 g/mol. The van der Waals surface area contributed by atoms with Gasteiger partial charge < -0.3 is 18.9 Å². The molecule has 5 rings (SSSR count). The number of ether oxygens (including phenoxy) is 2. The van der Waals surface area contributed by atoms with E-state index in [0.717, 1.165) is 5.69 Å². The molecule has 0 aliphatic carbocycles. The Morgan fingerprint density at radius 1 is 1.06 bits per heavy atom. The van der Waals surface area contributed by atoms with Crippen molar-refractivity contribution in [2.24, 2.45) is 7.05 Å². The molecule has 2 saturated heterocycles. The van der Waals surface area contributed by atoms with Crippen molar-refractivity contribution >= 4 is 29.1 Å². The molecule has 3 aromatic rings. The van der Waals surface area contributed by atoms with E-state index in [1.165, 1.54) is 0 Å². The van der Waals surface area contributed by atoms with Gasteiger partial charge in [0.25, 0.3) is 5.91 Å². The van der Waals surface area contributed by atoms with Crippen LogP contribution >= 0.6 is 23.2 Å². The number of nitrogens with zero attached hydrogens (tertiary/aromatic N) is 4. The molecule has 1 aromatic carbocycles. The van der Waals surface area contributed by atoms with Gasteiger partial charge in [-0.25, -0.2) is 4.68 Å². The quantitative estimate of drug-likeness (QED) is 0.588. The average Bonchev–Trinajstić information content (AvgIpc) is 3.50. The molecule has 2 fully saturated rings. The Morgan fingerprint density at radius 2 is 1.81 bits per heavy atom. The number of benzene rings is 1. The Hall–Kier alpha value is -2.32. The Balaban J connectivity index is 1.50. The van der Waals surface area contributed by atoms with E-state index in [-0.39, 0.29) is 5.91 Å². The Kier molecular flexibility index (Phi) is 5.30. The van der Waals surface area contributed by atoms with Gasteiger partial charge in [-0.05, 0) is 36.4 Å². The van der Waals surface area contributed by atoms with Crippen molar-refractivity contribution < 1.29 is 14.3 Å². The third-order valence-corrected chi connectivity index (χ3v) is 6.65. The second-order valence-electron chi connectivity index (χ2n) is 7.83. The van der Waals surface area contributed by atoms with E-state index < -0.39 is 5.79 Å². The Labute approximate surface area is 190 Å². The lowest BCUT2D eigenvalue weighted by atomic mass is 10.0. The van der Waals surface area contributed by atoms with Crippen LogP contribution in [-0.4, -0.2) is 57.2 Å². The van der Waals surface area contributed by atoms with Gasteiger partial charge in [0.2, 0.25) is 0 Å². The van der Waals surface area contributed by atoms with Gasteiger partial charge in [0, 0.05) is 39.2 Å². The van der Waals surface area contributed by atoms with E-state index in [4.69, 9.17) is 37.8 Å². The van der Waals surface area contributed by atoms with Crippen LogP contribution in [0, 0.1) is 0 Å². The molecule has 0 bridgehead atoms. The molecule has 0 radical (unpaired) electrons. The van der Waals surface area contributed by atoms with Gasteiger partial charge in [-0.2, -0.15) is 5.10 Å². The van der Waals surface area contributed by atoms with Crippen LogP contribution in [0.4, 0.5) is 0 Å². The van der Waals surface area contributed by atoms with Gasteiger partial charge in [-0.3, -0.25) is 4.79 Å². The van der Waals surface area contributed by atoms with Gasteiger partial charge in [-0.1, -0.05) is 23.2 Å². The summed E-state index contributed by atoms with van der Waals surface area (Å²) in [4.78, 5) is 15.4. The summed E-state index contributed by atoms with van der Waals surface area (Å²) in [7, 11) is 1.95. The number of carbonyl (C=O) groups excluding carboxylic acids is 1. The average molecular weight is 461 g/mol. The summed E-state index contributed by atoms with van der Waals surface area (Å²) < 4.78 is 15.2. The van der Waals surface area contributed by atoms with Crippen molar-refractivity contribution in [3.8, 4) is 17.1 Å². The van der Waals surface area contributed by atoms with Crippen molar-refractivity contribution in [1.82, 2.24) is 19.2 Å². The predicted molar refractivity (Wildman–Crippen MR) is 118 cm³/mol. The summed E-state index contributed by atoms with van der Waals surface area (Å²) in [5, 5.41) is 5.60. The van der Waals surface area contributed by atoms with Crippen LogP contribution < -0.4 is 0 Å². The van der Waals surface area contributed by atoms with E-state index in [1.54, 1.807) is 22.9 Å². The molecule has 31 heavy (non-hydrogen) atoms. The van der Waals surface area contributed by atoms with E-state index in [2.05, 4.69) is 0 Å². The summed E-state index contributed by atoms with van der Waals surface area (Å²) in [6, 6.07) is 11.0. The third kappa shape index (κ3) is 3.76. The minimum atomic E-state index is -0.533. The summed E-state index contributed by atoms with van der Waals surface area (Å²) in [6.45, 7) is 2.34. The number of amides is 1. The van der Waals surface area contributed by atoms with Crippen LogP contribution in [-0.2, 0) is 16.5 Å².